The molecule has 0 radical (unpaired) electrons. The van der Waals surface area contributed by atoms with Gasteiger partial charge in [0.2, 0.25) is 5.91 Å². The van der Waals surface area contributed by atoms with Crippen LogP contribution in [0.5, 0.6) is 0 Å². The van der Waals surface area contributed by atoms with Gasteiger partial charge in [-0.3, -0.25) is 9.59 Å². The van der Waals surface area contributed by atoms with Crippen LogP contribution >= 0.6 is 23.2 Å². The van der Waals surface area contributed by atoms with Crippen molar-refractivity contribution in [3.63, 3.8) is 0 Å². The van der Waals surface area contributed by atoms with Gasteiger partial charge in [0.15, 0.2) is 0 Å². The van der Waals surface area contributed by atoms with E-state index in [4.69, 9.17) is 23.2 Å². The summed E-state index contributed by atoms with van der Waals surface area (Å²) in [5.74, 6) is -0.796. The molecule has 0 aliphatic carbocycles. The molecule has 0 bridgehead atoms. The first kappa shape index (κ1) is 18.1. The zero-order chi connectivity index (χ0) is 19.6. The van der Waals surface area contributed by atoms with Gasteiger partial charge in [-0.15, -0.1) is 0 Å². The number of hydrogen-bond donors (Lipinski definition) is 0. The molecule has 7 heteroatoms. The second-order valence-corrected chi connectivity index (χ2v) is 8.45. The zero-order valence-electron chi connectivity index (χ0n) is 15.3. The lowest BCUT2D eigenvalue weighted by atomic mass is 9.90. The molecule has 2 amide bonds. The van der Waals surface area contributed by atoms with E-state index < -0.39 is 12.0 Å². The fraction of sp³-hybridized carbons (Fsp3) is 0.333. The van der Waals surface area contributed by atoms with Gasteiger partial charge in [0, 0.05) is 23.1 Å². The average molecular weight is 416 g/mol. The molecule has 144 valence electrons. The second kappa shape index (κ2) is 6.56. The Morgan fingerprint density at radius 2 is 1.57 bits per heavy atom. The van der Waals surface area contributed by atoms with Crippen molar-refractivity contribution >= 4 is 40.7 Å². The predicted octanol–water partition coefficient (Wildman–Crippen LogP) is 3.84. The van der Waals surface area contributed by atoms with Crippen LogP contribution in [0.3, 0.4) is 0 Å². The minimum Gasteiger partial charge on any atom is -0.274 e. The highest BCUT2D eigenvalue weighted by atomic mass is 35.5. The molecule has 3 heterocycles. The van der Waals surface area contributed by atoms with Crippen LogP contribution in [0, 0.1) is 12.8 Å². The summed E-state index contributed by atoms with van der Waals surface area (Å²) < 4.78 is 0. The number of carbonyl (C=O) groups is 2. The van der Waals surface area contributed by atoms with E-state index in [1.807, 2.05) is 37.3 Å². The van der Waals surface area contributed by atoms with Gasteiger partial charge in [-0.25, -0.2) is 14.9 Å². The summed E-state index contributed by atoms with van der Waals surface area (Å²) in [6, 6.07) is 12.1. The van der Waals surface area contributed by atoms with Gasteiger partial charge in [-0.05, 0) is 43.2 Å². The molecule has 0 unspecified atom stereocenters. The van der Waals surface area contributed by atoms with E-state index in [2.05, 4.69) is 10.0 Å². The van der Waals surface area contributed by atoms with Crippen LogP contribution in [0.25, 0.3) is 0 Å². The molecular formula is C21H19Cl2N3O2. The molecule has 0 N–H and O–H groups in total. The molecule has 5 nitrogen and oxygen atoms in total. The van der Waals surface area contributed by atoms with Gasteiger partial charge in [-0.1, -0.05) is 47.0 Å². The largest absolute Gasteiger partial charge is 0.274 e. The molecule has 3 aliphatic rings. The topological polar surface area (TPSA) is 43.9 Å². The standard InChI is InChI=1S/C21H19Cl2N3O2/c1-12-3-6-14(7-4-12)26-20(27)17-18(15-8-5-13(22)11-16(15)23)24-9-2-10-25(24)19(17)21(26)28/h3-8,11,17-19H,2,9-10H2,1H3/t17-,18+,19-/m0/s1. The molecule has 5 rings (SSSR count). The van der Waals surface area contributed by atoms with Crippen LogP contribution in [-0.2, 0) is 9.59 Å². The van der Waals surface area contributed by atoms with Crippen LogP contribution in [-0.4, -0.2) is 41.0 Å². The van der Waals surface area contributed by atoms with E-state index in [0.717, 1.165) is 30.6 Å². The number of hydrogen-bond acceptors (Lipinski definition) is 4. The number of hydrazine groups is 1. The van der Waals surface area contributed by atoms with Crippen molar-refractivity contribution in [3.8, 4) is 0 Å². The molecular weight excluding hydrogens is 397 g/mol. The van der Waals surface area contributed by atoms with Crippen molar-refractivity contribution in [3.05, 3.63) is 63.6 Å². The highest BCUT2D eigenvalue weighted by molar-refractivity contribution is 6.35. The number of imide groups is 1. The Hall–Kier alpha value is -1.92. The van der Waals surface area contributed by atoms with Crippen molar-refractivity contribution in [2.75, 3.05) is 18.0 Å². The fourth-order valence-corrected chi connectivity index (χ4v) is 5.30. The molecule has 3 atom stereocenters. The van der Waals surface area contributed by atoms with Gasteiger partial charge < -0.3 is 0 Å². The normalized spacial score (nSPS) is 27.5. The van der Waals surface area contributed by atoms with Crippen LogP contribution in [0.2, 0.25) is 10.0 Å². The summed E-state index contributed by atoms with van der Waals surface area (Å²) in [4.78, 5) is 28.1. The molecule has 3 fully saturated rings. The van der Waals surface area contributed by atoms with E-state index >= 15 is 0 Å². The Kier molecular flexibility index (Phi) is 4.25. The highest BCUT2D eigenvalue weighted by Gasteiger charge is 2.63. The number of aryl methyl sites for hydroxylation is 1. The number of halogens is 2. The molecule has 0 spiro atoms. The zero-order valence-corrected chi connectivity index (χ0v) is 16.8. The number of fused-ring (bicyclic) bond motifs is 3. The maximum absolute atomic E-state index is 13.5. The van der Waals surface area contributed by atoms with Crippen molar-refractivity contribution in [2.24, 2.45) is 5.92 Å². The van der Waals surface area contributed by atoms with Crippen molar-refractivity contribution in [1.82, 2.24) is 10.0 Å². The van der Waals surface area contributed by atoms with Gasteiger partial charge in [0.25, 0.3) is 5.91 Å². The third kappa shape index (κ3) is 2.54. The van der Waals surface area contributed by atoms with Crippen molar-refractivity contribution in [1.29, 1.82) is 0 Å². The number of amides is 2. The molecule has 2 aromatic carbocycles. The summed E-state index contributed by atoms with van der Waals surface area (Å²) in [6.07, 6.45) is 0.955. The molecule has 0 aromatic heterocycles. The van der Waals surface area contributed by atoms with Crippen LogP contribution in [0.15, 0.2) is 42.5 Å². The molecule has 0 saturated carbocycles. The average Bonchev–Trinajstić information content (AvgIpc) is 3.30. The second-order valence-electron chi connectivity index (χ2n) is 7.61. The number of rotatable bonds is 2. The van der Waals surface area contributed by atoms with Gasteiger partial charge >= 0.3 is 0 Å². The molecule has 3 aliphatic heterocycles. The van der Waals surface area contributed by atoms with Crippen molar-refractivity contribution < 1.29 is 9.59 Å². The third-order valence-electron chi connectivity index (χ3n) is 5.98. The third-order valence-corrected chi connectivity index (χ3v) is 6.54. The quantitative estimate of drug-likeness (QED) is 0.698. The summed E-state index contributed by atoms with van der Waals surface area (Å²) in [6.45, 7) is 3.55. The first-order valence-corrected chi connectivity index (χ1v) is 10.2. The SMILES string of the molecule is Cc1ccc(N2C(=O)[C@@H]3[C@@H](C2=O)N2CCCN2[C@@H]3c2ccc(Cl)cc2Cl)cc1. The minimum absolute atomic E-state index is 0.154. The lowest BCUT2D eigenvalue weighted by Crippen LogP contribution is -2.44. The lowest BCUT2D eigenvalue weighted by Gasteiger charge is -2.30. The molecule has 28 heavy (non-hydrogen) atoms. The van der Waals surface area contributed by atoms with E-state index in [1.165, 1.54) is 4.90 Å². The van der Waals surface area contributed by atoms with Crippen LogP contribution in [0.1, 0.15) is 23.6 Å². The number of carbonyl (C=O) groups excluding carboxylic acids is 2. The minimum atomic E-state index is -0.479. The van der Waals surface area contributed by atoms with E-state index in [0.29, 0.717) is 15.7 Å². The van der Waals surface area contributed by atoms with E-state index in [9.17, 15) is 9.59 Å². The Labute approximate surface area is 173 Å². The maximum atomic E-state index is 13.5. The Morgan fingerprint density at radius 3 is 2.25 bits per heavy atom. The monoisotopic (exact) mass is 415 g/mol. The van der Waals surface area contributed by atoms with E-state index in [-0.39, 0.29) is 17.9 Å². The highest BCUT2D eigenvalue weighted by Crippen LogP contribution is 2.50. The Balaban J connectivity index is 1.60. The van der Waals surface area contributed by atoms with Crippen molar-refractivity contribution in [2.45, 2.75) is 25.4 Å². The Bertz CT molecular complexity index is 978. The van der Waals surface area contributed by atoms with Gasteiger partial charge in [-0.2, -0.15) is 0 Å². The predicted molar refractivity (Wildman–Crippen MR) is 108 cm³/mol. The Morgan fingerprint density at radius 1 is 0.893 bits per heavy atom. The first-order chi connectivity index (χ1) is 13.5. The van der Waals surface area contributed by atoms with E-state index in [1.54, 1.807) is 12.1 Å². The lowest BCUT2D eigenvalue weighted by molar-refractivity contribution is -0.126. The first-order valence-electron chi connectivity index (χ1n) is 9.40. The molecule has 3 saturated heterocycles. The van der Waals surface area contributed by atoms with Crippen LogP contribution < -0.4 is 4.90 Å². The molecule has 2 aromatic rings. The summed E-state index contributed by atoms with van der Waals surface area (Å²) in [5.41, 5.74) is 2.55. The smallest absolute Gasteiger partial charge is 0.253 e. The van der Waals surface area contributed by atoms with Crippen LogP contribution in [0.4, 0.5) is 5.69 Å². The van der Waals surface area contributed by atoms with Gasteiger partial charge in [0.05, 0.1) is 17.6 Å². The maximum Gasteiger partial charge on any atom is 0.253 e. The number of anilines is 1. The van der Waals surface area contributed by atoms with Gasteiger partial charge in [0.1, 0.15) is 6.04 Å². The number of nitrogens with zero attached hydrogens (tertiary/aromatic N) is 3. The summed E-state index contributed by atoms with van der Waals surface area (Å²) in [5, 5.41) is 5.29. The summed E-state index contributed by atoms with van der Waals surface area (Å²) in [7, 11) is 0. The summed E-state index contributed by atoms with van der Waals surface area (Å²) >= 11 is 12.6. The fourth-order valence-electron chi connectivity index (χ4n) is 4.78. The number of benzene rings is 2.